The monoisotopic (exact) mass is 129 g/mol. The zero-order valence-corrected chi connectivity index (χ0v) is 5.93. The first-order chi connectivity index (χ1) is 4.35. The van der Waals surface area contributed by atoms with E-state index in [0.29, 0.717) is 0 Å². The van der Waals surface area contributed by atoms with Crippen molar-refractivity contribution in [2.75, 3.05) is 13.7 Å². The Labute approximate surface area is 56.6 Å². The summed E-state index contributed by atoms with van der Waals surface area (Å²) >= 11 is 0. The third kappa shape index (κ3) is 4.18. The molecule has 2 N–H and O–H groups in total. The van der Waals surface area contributed by atoms with Crippen LogP contribution in [0.3, 0.4) is 0 Å². The second kappa shape index (κ2) is 5.79. The second-order valence-electron chi connectivity index (χ2n) is 2.03. The van der Waals surface area contributed by atoms with Gasteiger partial charge < -0.3 is 10.4 Å². The number of likely N-dealkylation sites (N-methyl/N-ethyl adjacent to an activating group) is 1. The topological polar surface area (TPSA) is 32.3 Å². The predicted octanol–water partition coefficient (Wildman–Crippen LogP) is 0.533. The van der Waals surface area contributed by atoms with Crippen molar-refractivity contribution < 1.29 is 5.11 Å². The van der Waals surface area contributed by atoms with Crippen LogP contribution in [0.15, 0.2) is 12.7 Å². The summed E-state index contributed by atoms with van der Waals surface area (Å²) in [6.45, 7) is 3.80. The Bertz CT molecular complexity index is 69.3. The summed E-state index contributed by atoms with van der Waals surface area (Å²) in [6, 6.07) is 0.239. The van der Waals surface area contributed by atoms with Gasteiger partial charge in [0.2, 0.25) is 0 Å². The van der Waals surface area contributed by atoms with E-state index in [2.05, 4.69) is 11.9 Å². The highest BCUT2D eigenvalue weighted by molar-refractivity contribution is 4.71. The number of hydrogen-bond donors (Lipinski definition) is 2. The van der Waals surface area contributed by atoms with E-state index in [1.807, 2.05) is 13.1 Å². The number of rotatable bonds is 5. The molecule has 0 aromatic heterocycles. The molecule has 2 heteroatoms. The summed E-state index contributed by atoms with van der Waals surface area (Å²) in [5, 5.41) is 11.6. The highest BCUT2D eigenvalue weighted by atomic mass is 16.3. The summed E-state index contributed by atoms with van der Waals surface area (Å²) in [5.41, 5.74) is 0. The van der Waals surface area contributed by atoms with Crippen molar-refractivity contribution in [2.24, 2.45) is 0 Å². The Hall–Kier alpha value is -0.340. The molecule has 0 aliphatic carbocycles. The van der Waals surface area contributed by atoms with Gasteiger partial charge in [-0.1, -0.05) is 6.08 Å². The van der Waals surface area contributed by atoms with Crippen molar-refractivity contribution >= 4 is 0 Å². The molecule has 0 heterocycles. The van der Waals surface area contributed by atoms with Crippen LogP contribution in [0, 0.1) is 0 Å². The van der Waals surface area contributed by atoms with E-state index in [-0.39, 0.29) is 12.6 Å². The SMILES string of the molecule is C=CCCC(CO)NC. The van der Waals surface area contributed by atoms with E-state index in [9.17, 15) is 0 Å². The molecule has 0 aliphatic rings. The van der Waals surface area contributed by atoms with Gasteiger partial charge in [-0.15, -0.1) is 6.58 Å². The lowest BCUT2D eigenvalue weighted by Crippen LogP contribution is -2.28. The zero-order chi connectivity index (χ0) is 7.11. The van der Waals surface area contributed by atoms with Crippen LogP contribution < -0.4 is 5.32 Å². The zero-order valence-electron chi connectivity index (χ0n) is 5.93. The maximum atomic E-state index is 8.66. The first-order valence-electron chi connectivity index (χ1n) is 3.24. The minimum atomic E-state index is 0.213. The minimum absolute atomic E-state index is 0.213. The molecule has 1 unspecified atom stereocenters. The van der Waals surface area contributed by atoms with Gasteiger partial charge >= 0.3 is 0 Å². The van der Waals surface area contributed by atoms with Gasteiger partial charge in [-0.25, -0.2) is 0 Å². The highest BCUT2D eigenvalue weighted by Gasteiger charge is 1.99. The number of aliphatic hydroxyl groups excluding tert-OH is 1. The van der Waals surface area contributed by atoms with E-state index in [0.717, 1.165) is 12.8 Å². The lowest BCUT2D eigenvalue weighted by molar-refractivity contribution is 0.243. The molecule has 0 rings (SSSR count). The van der Waals surface area contributed by atoms with Crippen LogP contribution in [0.25, 0.3) is 0 Å². The summed E-state index contributed by atoms with van der Waals surface area (Å²) in [4.78, 5) is 0. The molecule has 0 bridgehead atoms. The molecule has 1 atom stereocenters. The maximum absolute atomic E-state index is 8.66. The Morgan fingerprint density at radius 1 is 1.78 bits per heavy atom. The molecular formula is C7H15NO. The standard InChI is InChI=1S/C7H15NO/c1-3-4-5-7(6-9)8-2/h3,7-9H,1,4-6H2,2H3. The van der Waals surface area contributed by atoms with Crippen LogP contribution in [-0.4, -0.2) is 24.8 Å². The Morgan fingerprint density at radius 2 is 2.44 bits per heavy atom. The molecule has 0 amide bonds. The normalized spacial score (nSPS) is 13.1. The lowest BCUT2D eigenvalue weighted by Gasteiger charge is -2.09. The van der Waals surface area contributed by atoms with E-state index in [4.69, 9.17) is 5.11 Å². The number of nitrogens with one attached hydrogen (secondary N) is 1. The largest absolute Gasteiger partial charge is 0.395 e. The lowest BCUT2D eigenvalue weighted by atomic mass is 10.2. The molecule has 9 heavy (non-hydrogen) atoms. The van der Waals surface area contributed by atoms with Crippen molar-refractivity contribution in [3.05, 3.63) is 12.7 Å². The number of allylic oxidation sites excluding steroid dienone is 1. The van der Waals surface area contributed by atoms with Crippen molar-refractivity contribution in [3.8, 4) is 0 Å². The van der Waals surface area contributed by atoms with Crippen LogP contribution in [0.2, 0.25) is 0 Å². The fourth-order valence-electron chi connectivity index (χ4n) is 0.646. The Kier molecular flexibility index (Phi) is 5.57. The predicted molar refractivity (Wildman–Crippen MR) is 39.4 cm³/mol. The molecule has 2 nitrogen and oxygen atoms in total. The van der Waals surface area contributed by atoms with Gasteiger partial charge in [0.25, 0.3) is 0 Å². The summed E-state index contributed by atoms with van der Waals surface area (Å²) in [5.74, 6) is 0. The molecule has 0 saturated carbocycles. The molecule has 54 valence electrons. The fraction of sp³-hybridized carbons (Fsp3) is 0.714. The fourth-order valence-corrected chi connectivity index (χ4v) is 0.646. The van der Waals surface area contributed by atoms with E-state index >= 15 is 0 Å². The molecule has 0 aromatic rings. The van der Waals surface area contributed by atoms with Crippen LogP contribution in [0.4, 0.5) is 0 Å². The van der Waals surface area contributed by atoms with Gasteiger partial charge in [0.05, 0.1) is 6.61 Å². The van der Waals surface area contributed by atoms with Crippen LogP contribution >= 0.6 is 0 Å². The van der Waals surface area contributed by atoms with Gasteiger partial charge in [-0.3, -0.25) is 0 Å². The first kappa shape index (κ1) is 8.66. The molecule has 0 saturated heterocycles. The van der Waals surface area contributed by atoms with Gasteiger partial charge in [0.1, 0.15) is 0 Å². The summed E-state index contributed by atoms with van der Waals surface area (Å²) < 4.78 is 0. The van der Waals surface area contributed by atoms with Gasteiger partial charge in [-0.05, 0) is 19.9 Å². The van der Waals surface area contributed by atoms with E-state index in [1.165, 1.54) is 0 Å². The van der Waals surface area contributed by atoms with E-state index < -0.39 is 0 Å². The molecule has 0 spiro atoms. The van der Waals surface area contributed by atoms with E-state index in [1.54, 1.807) is 0 Å². The van der Waals surface area contributed by atoms with Gasteiger partial charge in [0, 0.05) is 6.04 Å². The highest BCUT2D eigenvalue weighted by Crippen LogP contribution is 1.94. The Balaban J connectivity index is 3.19. The summed E-state index contributed by atoms with van der Waals surface area (Å²) in [6.07, 6.45) is 3.79. The van der Waals surface area contributed by atoms with Crippen LogP contribution in [0.5, 0.6) is 0 Å². The quantitative estimate of drug-likeness (QED) is 0.531. The molecule has 0 aromatic carbocycles. The molecular weight excluding hydrogens is 114 g/mol. The third-order valence-electron chi connectivity index (χ3n) is 1.35. The van der Waals surface area contributed by atoms with Crippen LogP contribution in [0.1, 0.15) is 12.8 Å². The summed E-state index contributed by atoms with van der Waals surface area (Å²) in [7, 11) is 1.85. The second-order valence-corrected chi connectivity index (χ2v) is 2.03. The number of hydrogen-bond acceptors (Lipinski definition) is 2. The maximum Gasteiger partial charge on any atom is 0.0584 e. The van der Waals surface area contributed by atoms with Crippen molar-refractivity contribution in [3.63, 3.8) is 0 Å². The molecule has 0 radical (unpaired) electrons. The average molecular weight is 129 g/mol. The number of aliphatic hydroxyl groups is 1. The first-order valence-corrected chi connectivity index (χ1v) is 3.24. The van der Waals surface area contributed by atoms with Crippen LogP contribution in [-0.2, 0) is 0 Å². The van der Waals surface area contributed by atoms with Gasteiger partial charge in [-0.2, -0.15) is 0 Å². The van der Waals surface area contributed by atoms with Crippen molar-refractivity contribution in [1.29, 1.82) is 0 Å². The smallest absolute Gasteiger partial charge is 0.0584 e. The third-order valence-corrected chi connectivity index (χ3v) is 1.35. The average Bonchev–Trinajstić information content (AvgIpc) is 1.91. The minimum Gasteiger partial charge on any atom is -0.395 e. The Morgan fingerprint density at radius 3 is 2.78 bits per heavy atom. The molecule has 0 fully saturated rings. The molecule has 0 aliphatic heterocycles. The van der Waals surface area contributed by atoms with Gasteiger partial charge in [0.15, 0.2) is 0 Å². The van der Waals surface area contributed by atoms with Crippen molar-refractivity contribution in [2.45, 2.75) is 18.9 Å². The van der Waals surface area contributed by atoms with Crippen molar-refractivity contribution in [1.82, 2.24) is 5.32 Å².